The van der Waals surface area contributed by atoms with Crippen molar-refractivity contribution in [1.82, 2.24) is 0 Å². The van der Waals surface area contributed by atoms with Crippen LogP contribution in [0.25, 0.3) is 21.5 Å². The van der Waals surface area contributed by atoms with E-state index in [-0.39, 0.29) is 0 Å². The van der Waals surface area contributed by atoms with E-state index in [4.69, 9.17) is 0 Å². The Hall–Kier alpha value is -2.60. The molecular weight excluding hydrogens is 324 g/mol. The van der Waals surface area contributed by atoms with Gasteiger partial charge in [0.25, 0.3) is 0 Å². The first-order valence-corrected chi connectivity index (χ1v) is 10.00. The number of benzene rings is 4. The molecule has 0 saturated carbocycles. The standard InChI is InChI=1S/C14H16.C13H14/c1-11(2)10-13-8-5-7-12-6-3-4-9-14(12)13;1-10(2)12-8-7-11-5-3-4-6-13(11)9-12/h3-9,11H,10H2,1-2H3;3-10H,1-2H3. The van der Waals surface area contributed by atoms with Gasteiger partial charge in [-0.25, -0.2) is 0 Å². The number of fused-ring (bicyclic) bond motifs is 2. The fourth-order valence-corrected chi connectivity index (χ4v) is 3.48. The lowest BCUT2D eigenvalue weighted by Crippen LogP contribution is -1.94. The Kier molecular flexibility index (Phi) is 6.29. The molecule has 0 spiro atoms. The van der Waals surface area contributed by atoms with Crippen LogP contribution in [-0.2, 0) is 6.42 Å². The molecule has 138 valence electrons. The van der Waals surface area contributed by atoms with Crippen molar-refractivity contribution in [2.24, 2.45) is 5.92 Å². The highest BCUT2D eigenvalue weighted by Crippen LogP contribution is 2.21. The zero-order valence-electron chi connectivity index (χ0n) is 16.9. The Morgan fingerprint density at radius 3 is 1.93 bits per heavy atom. The summed E-state index contributed by atoms with van der Waals surface area (Å²) in [5, 5.41) is 5.43. The SMILES string of the molecule is CC(C)Cc1cccc2ccccc12.CC(C)c1ccc2ccccc2c1. The molecule has 0 fully saturated rings. The zero-order valence-corrected chi connectivity index (χ0v) is 16.9. The van der Waals surface area contributed by atoms with Crippen molar-refractivity contribution in [2.75, 3.05) is 0 Å². The van der Waals surface area contributed by atoms with Gasteiger partial charge >= 0.3 is 0 Å². The Morgan fingerprint density at radius 1 is 0.593 bits per heavy atom. The van der Waals surface area contributed by atoms with Gasteiger partial charge in [-0.2, -0.15) is 0 Å². The highest BCUT2D eigenvalue weighted by Gasteiger charge is 2.02. The first-order chi connectivity index (χ1) is 13.0. The van der Waals surface area contributed by atoms with Crippen LogP contribution in [0.3, 0.4) is 0 Å². The summed E-state index contributed by atoms with van der Waals surface area (Å²) in [6, 6.07) is 30.4. The van der Waals surface area contributed by atoms with Crippen molar-refractivity contribution in [3.8, 4) is 0 Å². The summed E-state index contributed by atoms with van der Waals surface area (Å²) >= 11 is 0. The van der Waals surface area contributed by atoms with E-state index in [1.165, 1.54) is 39.1 Å². The van der Waals surface area contributed by atoms with E-state index in [0.29, 0.717) is 5.92 Å². The first kappa shape index (κ1) is 19.2. The van der Waals surface area contributed by atoms with Gasteiger partial charge in [0.15, 0.2) is 0 Å². The van der Waals surface area contributed by atoms with Crippen LogP contribution in [0.4, 0.5) is 0 Å². The van der Waals surface area contributed by atoms with Crippen molar-refractivity contribution in [2.45, 2.75) is 40.0 Å². The van der Waals surface area contributed by atoms with Crippen molar-refractivity contribution in [3.63, 3.8) is 0 Å². The van der Waals surface area contributed by atoms with E-state index in [0.717, 1.165) is 5.92 Å². The van der Waals surface area contributed by atoms with E-state index in [1.807, 2.05) is 0 Å². The third-order valence-corrected chi connectivity index (χ3v) is 4.95. The summed E-state index contributed by atoms with van der Waals surface area (Å²) in [6.45, 7) is 8.98. The summed E-state index contributed by atoms with van der Waals surface area (Å²) in [5.41, 5.74) is 2.89. The second-order valence-electron chi connectivity index (χ2n) is 8.00. The second kappa shape index (κ2) is 8.86. The van der Waals surface area contributed by atoms with E-state index in [2.05, 4.69) is 113 Å². The van der Waals surface area contributed by atoms with Gasteiger partial charge in [-0.3, -0.25) is 0 Å². The van der Waals surface area contributed by atoms with Crippen molar-refractivity contribution in [1.29, 1.82) is 0 Å². The largest absolute Gasteiger partial charge is 0.0625 e. The third-order valence-electron chi connectivity index (χ3n) is 4.95. The molecule has 0 unspecified atom stereocenters. The minimum absolute atomic E-state index is 0.615. The van der Waals surface area contributed by atoms with E-state index >= 15 is 0 Å². The smallest absolute Gasteiger partial charge is 0.0152 e. The van der Waals surface area contributed by atoms with Gasteiger partial charge in [-0.15, -0.1) is 0 Å². The van der Waals surface area contributed by atoms with Crippen LogP contribution in [0.5, 0.6) is 0 Å². The third kappa shape index (κ3) is 4.98. The Balaban J connectivity index is 0.000000156. The van der Waals surface area contributed by atoms with Gasteiger partial charge in [0, 0.05) is 0 Å². The molecule has 4 rings (SSSR count). The Bertz CT molecular complexity index is 1000. The zero-order chi connectivity index (χ0) is 19.2. The quantitative estimate of drug-likeness (QED) is 0.349. The van der Waals surface area contributed by atoms with Gasteiger partial charge in [0.2, 0.25) is 0 Å². The normalized spacial score (nSPS) is 11.0. The van der Waals surface area contributed by atoms with Crippen LogP contribution in [0.15, 0.2) is 84.9 Å². The lowest BCUT2D eigenvalue weighted by molar-refractivity contribution is 0.650. The van der Waals surface area contributed by atoms with Crippen LogP contribution in [0.2, 0.25) is 0 Å². The van der Waals surface area contributed by atoms with Gasteiger partial charge in [0.05, 0.1) is 0 Å². The molecule has 0 aliphatic heterocycles. The molecule has 0 atom stereocenters. The minimum Gasteiger partial charge on any atom is -0.0625 e. The molecule has 0 saturated heterocycles. The predicted molar refractivity (Wildman–Crippen MR) is 121 cm³/mol. The molecule has 4 aromatic rings. The lowest BCUT2D eigenvalue weighted by Gasteiger charge is -2.08. The highest BCUT2D eigenvalue weighted by atomic mass is 14.1. The average Bonchev–Trinajstić information content (AvgIpc) is 2.68. The van der Waals surface area contributed by atoms with Crippen LogP contribution in [0, 0.1) is 5.92 Å². The summed E-state index contributed by atoms with van der Waals surface area (Å²) < 4.78 is 0. The summed E-state index contributed by atoms with van der Waals surface area (Å²) in [4.78, 5) is 0. The molecule has 0 N–H and O–H groups in total. The van der Waals surface area contributed by atoms with Gasteiger partial charge in [-0.1, -0.05) is 113 Å². The molecule has 0 aromatic heterocycles. The molecule has 0 amide bonds. The highest BCUT2D eigenvalue weighted by molar-refractivity contribution is 5.85. The fraction of sp³-hybridized carbons (Fsp3) is 0.259. The van der Waals surface area contributed by atoms with Crippen molar-refractivity contribution >= 4 is 21.5 Å². The minimum atomic E-state index is 0.615. The monoisotopic (exact) mass is 354 g/mol. The molecular formula is C27H30. The number of rotatable bonds is 3. The van der Waals surface area contributed by atoms with Gasteiger partial charge in [-0.05, 0) is 50.9 Å². The van der Waals surface area contributed by atoms with Crippen LogP contribution < -0.4 is 0 Å². The maximum Gasteiger partial charge on any atom is -0.0152 e. The molecule has 0 bridgehead atoms. The molecule has 0 aliphatic rings. The summed E-state index contributed by atoms with van der Waals surface area (Å²) in [5.74, 6) is 1.34. The molecule has 0 radical (unpaired) electrons. The number of hydrogen-bond donors (Lipinski definition) is 0. The molecule has 0 heterocycles. The molecule has 0 heteroatoms. The van der Waals surface area contributed by atoms with Gasteiger partial charge < -0.3 is 0 Å². The summed E-state index contributed by atoms with van der Waals surface area (Å²) in [6.07, 6.45) is 1.17. The maximum atomic E-state index is 2.28. The average molecular weight is 355 g/mol. The lowest BCUT2D eigenvalue weighted by atomic mass is 9.97. The van der Waals surface area contributed by atoms with Crippen LogP contribution >= 0.6 is 0 Å². The predicted octanol–water partition coefficient (Wildman–Crippen LogP) is 8.00. The molecule has 0 nitrogen and oxygen atoms in total. The van der Waals surface area contributed by atoms with Crippen LogP contribution in [-0.4, -0.2) is 0 Å². The fourth-order valence-electron chi connectivity index (χ4n) is 3.48. The maximum absolute atomic E-state index is 2.28. The van der Waals surface area contributed by atoms with E-state index < -0.39 is 0 Å². The number of hydrogen-bond acceptors (Lipinski definition) is 0. The molecule has 27 heavy (non-hydrogen) atoms. The van der Waals surface area contributed by atoms with E-state index in [9.17, 15) is 0 Å². The molecule has 4 aromatic carbocycles. The summed E-state index contributed by atoms with van der Waals surface area (Å²) in [7, 11) is 0. The topological polar surface area (TPSA) is 0 Å². The van der Waals surface area contributed by atoms with Crippen LogP contribution in [0.1, 0.15) is 44.7 Å². The van der Waals surface area contributed by atoms with Crippen molar-refractivity contribution < 1.29 is 0 Å². The Labute approximate surface area is 163 Å². The van der Waals surface area contributed by atoms with E-state index in [1.54, 1.807) is 0 Å². The van der Waals surface area contributed by atoms with Crippen molar-refractivity contribution in [3.05, 3.63) is 96.1 Å². The first-order valence-electron chi connectivity index (χ1n) is 10.00. The Morgan fingerprint density at radius 2 is 1.22 bits per heavy atom. The molecule has 0 aliphatic carbocycles. The van der Waals surface area contributed by atoms with Gasteiger partial charge in [0.1, 0.15) is 0 Å². The second-order valence-corrected chi connectivity index (χ2v) is 8.00.